The zero-order valence-corrected chi connectivity index (χ0v) is 24.0. The number of benzene rings is 4. The molecule has 0 fully saturated rings. The average Bonchev–Trinajstić information content (AvgIpc) is 3.61. The van der Waals surface area contributed by atoms with Crippen LogP contribution in [0.5, 0.6) is 17.2 Å². The van der Waals surface area contributed by atoms with E-state index in [0.717, 1.165) is 44.9 Å². The number of anilines is 3. The van der Waals surface area contributed by atoms with Crippen LogP contribution < -0.4 is 19.7 Å². The fraction of sp³-hybridized carbons (Fsp3) is 0.176. The van der Waals surface area contributed by atoms with Crippen LogP contribution in [0.15, 0.2) is 85.1 Å². The molecule has 8 heteroatoms. The Hall–Kier alpha value is -5.24. The molecular formula is C34H32N4O4. The van der Waals surface area contributed by atoms with Crippen LogP contribution in [0.3, 0.4) is 0 Å². The van der Waals surface area contributed by atoms with Crippen LogP contribution in [-0.4, -0.2) is 34.6 Å². The summed E-state index contributed by atoms with van der Waals surface area (Å²) in [5.74, 6) is 1.32. The van der Waals surface area contributed by atoms with Gasteiger partial charge in [0.2, 0.25) is 6.79 Å². The third kappa shape index (κ3) is 5.39. The zero-order chi connectivity index (χ0) is 29.4. The Morgan fingerprint density at radius 3 is 2.60 bits per heavy atom. The van der Waals surface area contributed by atoms with Crippen molar-refractivity contribution in [2.24, 2.45) is 0 Å². The zero-order valence-electron chi connectivity index (χ0n) is 24.0. The molecule has 1 amide bonds. The van der Waals surface area contributed by atoms with Crippen molar-refractivity contribution in [3.05, 3.63) is 102 Å². The number of ether oxygens (including phenoxy) is 2. The third-order valence-electron chi connectivity index (χ3n) is 7.33. The molecule has 0 spiro atoms. The van der Waals surface area contributed by atoms with E-state index in [4.69, 9.17) is 9.47 Å². The second-order valence-corrected chi connectivity index (χ2v) is 11.3. The Bertz CT molecular complexity index is 1830. The Morgan fingerprint density at radius 2 is 1.79 bits per heavy atom. The molecular weight excluding hydrogens is 528 g/mol. The molecule has 212 valence electrons. The van der Waals surface area contributed by atoms with Gasteiger partial charge < -0.3 is 24.8 Å². The number of carbonyl (C=O) groups is 1. The van der Waals surface area contributed by atoms with E-state index in [1.54, 1.807) is 12.1 Å². The highest BCUT2D eigenvalue weighted by Crippen LogP contribution is 2.34. The monoisotopic (exact) mass is 560 g/mol. The summed E-state index contributed by atoms with van der Waals surface area (Å²) in [6.07, 6.45) is 5.74. The molecule has 8 nitrogen and oxygen atoms in total. The summed E-state index contributed by atoms with van der Waals surface area (Å²) in [6.45, 7) is 6.31. The topological polar surface area (TPSA) is 88.9 Å². The van der Waals surface area contributed by atoms with Crippen molar-refractivity contribution in [3.63, 3.8) is 0 Å². The molecule has 1 aromatic heterocycles. The number of aromatic nitrogens is 2. The number of fused-ring (bicyclic) bond motifs is 2. The highest BCUT2D eigenvalue weighted by molar-refractivity contribution is 6.05. The summed E-state index contributed by atoms with van der Waals surface area (Å²) in [5, 5.41) is 19.0. The average molecular weight is 561 g/mol. The van der Waals surface area contributed by atoms with Crippen molar-refractivity contribution in [1.29, 1.82) is 0 Å². The number of hydrogen-bond acceptors (Lipinski definition) is 6. The predicted molar refractivity (Wildman–Crippen MR) is 167 cm³/mol. The Labute approximate surface area is 244 Å². The van der Waals surface area contributed by atoms with Crippen molar-refractivity contribution < 1.29 is 19.4 Å². The van der Waals surface area contributed by atoms with Gasteiger partial charge in [-0.2, -0.15) is 5.10 Å². The molecule has 6 rings (SSSR count). The van der Waals surface area contributed by atoms with E-state index in [1.807, 2.05) is 106 Å². The van der Waals surface area contributed by atoms with E-state index in [-0.39, 0.29) is 23.9 Å². The molecule has 1 aliphatic rings. The van der Waals surface area contributed by atoms with Crippen LogP contribution in [-0.2, 0) is 5.41 Å². The lowest BCUT2D eigenvalue weighted by atomic mass is 9.86. The maximum atomic E-state index is 13.0. The first-order valence-corrected chi connectivity index (χ1v) is 13.7. The Balaban J connectivity index is 1.20. The Morgan fingerprint density at radius 1 is 0.976 bits per heavy atom. The van der Waals surface area contributed by atoms with Crippen LogP contribution >= 0.6 is 0 Å². The van der Waals surface area contributed by atoms with E-state index in [1.165, 1.54) is 6.07 Å². The molecule has 0 radical (unpaired) electrons. The summed E-state index contributed by atoms with van der Waals surface area (Å²) >= 11 is 0. The molecule has 2 N–H and O–H groups in total. The van der Waals surface area contributed by atoms with Crippen molar-refractivity contribution in [2.75, 3.05) is 24.1 Å². The number of phenolic OH excluding ortho intramolecular Hbond substituents is 1. The number of phenols is 1. The maximum absolute atomic E-state index is 13.0. The highest BCUT2D eigenvalue weighted by atomic mass is 16.7. The van der Waals surface area contributed by atoms with Crippen LogP contribution in [0.2, 0.25) is 0 Å². The molecule has 2 heterocycles. The summed E-state index contributed by atoms with van der Waals surface area (Å²) in [5.41, 5.74) is 5.43. The largest absolute Gasteiger partial charge is 0.508 e. The first kappa shape index (κ1) is 27.0. The normalized spacial score (nSPS) is 12.7. The lowest BCUT2D eigenvalue weighted by Crippen LogP contribution is -2.15. The minimum absolute atomic E-state index is 0.115. The number of hydrogen-bond donors (Lipinski definition) is 2. The van der Waals surface area contributed by atoms with E-state index in [2.05, 4.69) is 21.4 Å². The lowest BCUT2D eigenvalue weighted by Gasteiger charge is -2.21. The Kier molecular flexibility index (Phi) is 6.82. The van der Waals surface area contributed by atoms with Crippen molar-refractivity contribution in [2.45, 2.75) is 26.2 Å². The second-order valence-electron chi connectivity index (χ2n) is 11.3. The van der Waals surface area contributed by atoms with E-state index in [9.17, 15) is 9.90 Å². The summed E-state index contributed by atoms with van der Waals surface area (Å²) in [7, 11) is 1.98. The smallest absolute Gasteiger partial charge is 0.255 e. The van der Waals surface area contributed by atoms with Crippen molar-refractivity contribution in [3.8, 4) is 17.2 Å². The summed E-state index contributed by atoms with van der Waals surface area (Å²) < 4.78 is 12.7. The second kappa shape index (κ2) is 10.6. The first-order chi connectivity index (χ1) is 20.2. The number of nitrogens with zero attached hydrogens (tertiary/aromatic N) is 3. The first-order valence-electron chi connectivity index (χ1n) is 13.7. The van der Waals surface area contributed by atoms with Gasteiger partial charge >= 0.3 is 0 Å². The molecule has 42 heavy (non-hydrogen) atoms. The molecule has 0 aliphatic carbocycles. The molecule has 1 aliphatic heterocycles. The number of amides is 1. The molecule has 0 saturated heterocycles. The highest BCUT2D eigenvalue weighted by Gasteiger charge is 2.20. The van der Waals surface area contributed by atoms with Gasteiger partial charge in [0, 0.05) is 41.3 Å². The SMILES string of the molecule is CN(c1cccc(NC(=O)c2ccc(C(C)(C)C)c(O)c2)c1)c1ccc2cnn(C=Cc3ccc4c(c3)OCO4)c2c1. The standard InChI is InChI=1S/C34H32N4O4/c1-34(2,3)28-12-10-23(17-30(28)39)33(40)36-25-6-5-7-26(18-25)37(4)27-11-9-24-20-35-38(29(24)19-27)15-14-22-8-13-31-32(16-22)42-21-41-31/h5-20,39H,21H2,1-4H3,(H,36,40). The molecule has 4 aromatic carbocycles. The van der Waals surface area contributed by atoms with Gasteiger partial charge in [0.25, 0.3) is 5.91 Å². The lowest BCUT2D eigenvalue weighted by molar-refractivity contribution is 0.102. The molecule has 0 unspecified atom stereocenters. The van der Waals surface area contributed by atoms with Gasteiger partial charge in [-0.1, -0.05) is 39.0 Å². The van der Waals surface area contributed by atoms with Crippen LogP contribution in [0.25, 0.3) is 23.2 Å². The van der Waals surface area contributed by atoms with Gasteiger partial charge in [-0.05, 0) is 83.3 Å². The van der Waals surface area contributed by atoms with E-state index >= 15 is 0 Å². The fourth-order valence-corrected chi connectivity index (χ4v) is 4.98. The van der Waals surface area contributed by atoms with E-state index in [0.29, 0.717) is 11.3 Å². The molecule has 5 aromatic rings. The van der Waals surface area contributed by atoms with Crippen LogP contribution in [0.4, 0.5) is 17.1 Å². The number of nitrogens with one attached hydrogen (secondary N) is 1. The van der Waals surface area contributed by atoms with Crippen molar-refractivity contribution >= 4 is 46.1 Å². The number of rotatable bonds is 6. The number of carbonyl (C=O) groups excluding carboxylic acids is 1. The van der Waals surface area contributed by atoms with Crippen molar-refractivity contribution in [1.82, 2.24) is 9.78 Å². The molecule has 0 bridgehead atoms. The fourth-order valence-electron chi connectivity index (χ4n) is 4.98. The third-order valence-corrected chi connectivity index (χ3v) is 7.33. The summed E-state index contributed by atoms with van der Waals surface area (Å²) in [6, 6.07) is 24.7. The predicted octanol–water partition coefficient (Wildman–Crippen LogP) is 7.42. The van der Waals surface area contributed by atoms with Gasteiger partial charge in [-0.25, -0.2) is 4.68 Å². The maximum Gasteiger partial charge on any atom is 0.255 e. The molecule has 0 atom stereocenters. The van der Waals surface area contributed by atoms with Gasteiger partial charge in [0.15, 0.2) is 11.5 Å². The summed E-state index contributed by atoms with van der Waals surface area (Å²) in [4.78, 5) is 15.0. The minimum Gasteiger partial charge on any atom is -0.508 e. The van der Waals surface area contributed by atoms with Gasteiger partial charge in [-0.3, -0.25) is 4.79 Å². The molecule has 0 saturated carbocycles. The van der Waals surface area contributed by atoms with Gasteiger partial charge in [0.05, 0.1) is 11.7 Å². The van der Waals surface area contributed by atoms with Gasteiger partial charge in [-0.15, -0.1) is 0 Å². The van der Waals surface area contributed by atoms with E-state index < -0.39 is 0 Å². The van der Waals surface area contributed by atoms with Gasteiger partial charge in [0.1, 0.15) is 5.75 Å². The number of aromatic hydroxyl groups is 1. The minimum atomic E-state index is -0.287. The van der Waals surface area contributed by atoms with Crippen LogP contribution in [0, 0.1) is 0 Å². The quantitative estimate of drug-likeness (QED) is 0.225. The van der Waals surface area contributed by atoms with Crippen LogP contribution in [0.1, 0.15) is 42.3 Å².